The maximum Gasteiger partial charge on any atom is 0.407 e. The van der Waals surface area contributed by atoms with Crippen LogP contribution in [0.5, 0.6) is 0 Å². The van der Waals surface area contributed by atoms with Crippen molar-refractivity contribution in [1.82, 2.24) is 5.32 Å². The maximum atomic E-state index is 12.9. The lowest BCUT2D eigenvalue weighted by Crippen LogP contribution is -2.36. The van der Waals surface area contributed by atoms with Gasteiger partial charge in [0.1, 0.15) is 6.04 Å². The van der Waals surface area contributed by atoms with Gasteiger partial charge in [-0.2, -0.15) is 13.2 Å². The van der Waals surface area contributed by atoms with Crippen LogP contribution in [0.25, 0.3) is 0 Å². The molecule has 1 atom stereocenters. The van der Waals surface area contributed by atoms with Crippen molar-refractivity contribution in [3.8, 4) is 0 Å². The fraction of sp³-hybridized carbons (Fsp3) is 0.500. The molecule has 0 heterocycles. The van der Waals surface area contributed by atoms with Gasteiger partial charge in [0, 0.05) is 11.0 Å². The first kappa shape index (κ1) is 16.4. The van der Waals surface area contributed by atoms with Gasteiger partial charge in [-0.25, -0.2) is 0 Å². The van der Waals surface area contributed by atoms with Crippen LogP contribution >= 0.6 is 15.9 Å². The van der Waals surface area contributed by atoms with E-state index in [1.165, 1.54) is 12.1 Å². The molecule has 0 bridgehead atoms. The third-order valence-electron chi connectivity index (χ3n) is 2.36. The largest absolute Gasteiger partial charge is 0.407 e. The Morgan fingerprint density at radius 1 is 1.21 bits per heavy atom. The third kappa shape index (κ3) is 5.90. The average Bonchev–Trinajstić information content (AvgIpc) is 2.34. The first-order valence-corrected chi connectivity index (χ1v) is 6.48. The Morgan fingerprint density at radius 2 is 1.84 bits per heavy atom. The highest BCUT2D eigenvalue weighted by Crippen LogP contribution is 2.32. The Balaban J connectivity index is 2.60. The number of aliphatic hydroxyl groups excluding tert-OH is 1. The van der Waals surface area contributed by atoms with Crippen molar-refractivity contribution in [2.75, 3.05) is 26.4 Å². The molecule has 1 unspecified atom stereocenters. The zero-order valence-electron chi connectivity index (χ0n) is 10.1. The molecule has 3 nitrogen and oxygen atoms in total. The van der Waals surface area contributed by atoms with Crippen molar-refractivity contribution >= 4 is 15.9 Å². The molecule has 0 saturated carbocycles. The van der Waals surface area contributed by atoms with Crippen molar-refractivity contribution in [2.24, 2.45) is 0 Å². The molecule has 0 aliphatic carbocycles. The van der Waals surface area contributed by atoms with Crippen molar-refractivity contribution < 1.29 is 23.0 Å². The molecule has 0 aliphatic rings. The van der Waals surface area contributed by atoms with Crippen LogP contribution in [-0.2, 0) is 4.74 Å². The average molecular weight is 342 g/mol. The zero-order chi connectivity index (χ0) is 14.3. The van der Waals surface area contributed by atoms with E-state index in [-0.39, 0.29) is 31.9 Å². The molecule has 1 aromatic rings. The number of halogens is 4. The van der Waals surface area contributed by atoms with E-state index < -0.39 is 12.2 Å². The molecule has 19 heavy (non-hydrogen) atoms. The van der Waals surface area contributed by atoms with Gasteiger partial charge in [0.25, 0.3) is 0 Å². The second-order valence-corrected chi connectivity index (χ2v) is 4.73. The smallest absolute Gasteiger partial charge is 0.394 e. The highest BCUT2D eigenvalue weighted by molar-refractivity contribution is 9.10. The molecular weight excluding hydrogens is 327 g/mol. The summed E-state index contributed by atoms with van der Waals surface area (Å²) in [6.07, 6.45) is -4.37. The molecule has 0 fully saturated rings. The van der Waals surface area contributed by atoms with Gasteiger partial charge in [0.2, 0.25) is 0 Å². The summed E-state index contributed by atoms with van der Waals surface area (Å²) >= 11 is 3.18. The van der Waals surface area contributed by atoms with Crippen LogP contribution in [0, 0.1) is 0 Å². The van der Waals surface area contributed by atoms with Crippen LogP contribution in [0.4, 0.5) is 13.2 Å². The van der Waals surface area contributed by atoms with Gasteiger partial charge in [-0.15, -0.1) is 0 Å². The first-order valence-electron chi connectivity index (χ1n) is 5.69. The van der Waals surface area contributed by atoms with Gasteiger partial charge in [-0.1, -0.05) is 28.1 Å². The van der Waals surface area contributed by atoms with Gasteiger partial charge in [0.15, 0.2) is 0 Å². The normalized spacial score (nSPS) is 13.5. The molecule has 0 aliphatic heterocycles. The van der Waals surface area contributed by atoms with Gasteiger partial charge < -0.3 is 15.2 Å². The number of hydrogen-bond acceptors (Lipinski definition) is 3. The standard InChI is InChI=1S/C12H15BrF3NO2/c13-10-3-1-9(2-4-10)11(12(14,15)16)17-5-7-19-8-6-18/h1-4,11,17-18H,5-8H2. The molecule has 2 N–H and O–H groups in total. The van der Waals surface area contributed by atoms with Crippen LogP contribution in [-0.4, -0.2) is 37.6 Å². The van der Waals surface area contributed by atoms with Gasteiger partial charge in [0.05, 0.1) is 19.8 Å². The summed E-state index contributed by atoms with van der Waals surface area (Å²) in [5, 5.41) is 10.9. The summed E-state index contributed by atoms with van der Waals surface area (Å²) in [4.78, 5) is 0. The summed E-state index contributed by atoms with van der Waals surface area (Å²) in [6.45, 7) is 0.149. The van der Waals surface area contributed by atoms with Crippen molar-refractivity contribution in [3.05, 3.63) is 34.3 Å². The molecule has 0 aromatic heterocycles. The number of aliphatic hydroxyl groups is 1. The third-order valence-corrected chi connectivity index (χ3v) is 2.89. The van der Waals surface area contributed by atoms with Gasteiger partial charge >= 0.3 is 6.18 Å². The van der Waals surface area contributed by atoms with Crippen LogP contribution in [0.15, 0.2) is 28.7 Å². The molecular formula is C12H15BrF3NO2. The minimum Gasteiger partial charge on any atom is -0.394 e. The molecule has 0 saturated heterocycles. The Labute approximate surface area is 117 Å². The Morgan fingerprint density at radius 3 is 2.37 bits per heavy atom. The molecule has 1 aromatic carbocycles. The van der Waals surface area contributed by atoms with E-state index in [4.69, 9.17) is 9.84 Å². The van der Waals surface area contributed by atoms with Crippen LogP contribution < -0.4 is 5.32 Å². The molecule has 7 heteroatoms. The number of benzene rings is 1. The second-order valence-electron chi connectivity index (χ2n) is 3.82. The summed E-state index contributed by atoms with van der Waals surface area (Å²) in [7, 11) is 0. The number of rotatable bonds is 7. The fourth-order valence-electron chi connectivity index (χ4n) is 1.52. The van der Waals surface area contributed by atoms with Gasteiger partial charge in [-0.05, 0) is 17.7 Å². The number of ether oxygens (including phenoxy) is 1. The van der Waals surface area contributed by atoms with Crippen molar-refractivity contribution in [3.63, 3.8) is 0 Å². The lowest BCUT2D eigenvalue weighted by Gasteiger charge is -2.22. The quantitative estimate of drug-likeness (QED) is 0.749. The van der Waals surface area contributed by atoms with E-state index in [1.807, 2.05) is 0 Å². The van der Waals surface area contributed by atoms with E-state index in [0.29, 0.717) is 0 Å². The minimum absolute atomic E-state index is 0.0558. The van der Waals surface area contributed by atoms with Crippen molar-refractivity contribution in [1.29, 1.82) is 0 Å². The predicted molar refractivity (Wildman–Crippen MR) is 68.8 cm³/mol. The highest BCUT2D eigenvalue weighted by atomic mass is 79.9. The molecule has 1 rings (SSSR count). The lowest BCUT2D eigenvalue weighted by atomic mass is 10.1. The van der Waals surface area contributed by atoms with Gasteiger partial charge in [-0.3, -0.25) is 0 Å². The van der Waals surface area contributed by atoms with E-state index in [1.54, 1.807) is 12.1 Å². The number of alkyl halides is 3. The first-order chi connectivity index (χ1) is 8.95. The van der Waals surface area contributed by atoms with Crippen LogP contribution in [0.2, 0.25) is 0 Å². The second kappa shape index (κ2) is 7.84. The summed E-state index contributed by atoms with van der Waals surface area (Å²) in [5.41, 5.74) is 0.151. The van der Waals surface area contributed by atoms with E-state index >= 15 is 0 Å². The van der Waals surface area contributed by atoms with E-state index in [0.717, 1.165) is 4.47 Å². The molecule has 0 amide bonds. The predicted octanol–water partition coefficient (Wildman–Crippen LogP) is 2.65. The molecule has 0 spiro atoms. The molecule has 108 valence electrons. The lowest BCUT2D eigenvalue weighted by molar-refractivity contribution is -0.158. The van der Waals surface area contributed by atoms with Crippen LogP contribution in [0.1, 0.15) is 11.6 Å². The fourth-order valence-corrected chi connectivity index (χ4v) is 1.78. The summed E-state index contributed by atoms with van der Waals surface area (Å²) in [5.74, 6) is 0. The summed E-state index contributed by atoms with van der Waals surface area (Å²) in [6, 6.07) is 4.25. The molecule has 0 radical (unpaired) electrons. The Kier molecular flexibility index (Phi) is 6.78. The maximum absolute atomic E-state index is 12.9. The zero-order valence-corrected chi connectivity index (χ0v) is 11.7. The van der Waals surface area contributed by atoms with E-state index in [2.05, 4.69) is 21.2 Å². The number of hydrogen-bond donors (Lipinski definition) is 2. The van der Waals surface area contributed by atoms with Crippen LogP contribution in [0.3, 0.4) is 0 Å². The SMILES string of the molecule is OCCOCCNC(c1ccc(Br)cc1)C(F)(F)F. The van der Waals surface area contributed by atoms with E-state index in [9.17, 15) is 13.2 Å². The van der Waals surface area contributed by atoms with Crippen molar-refractivity contribution in [2.45, 2.75) is 12.2 Å². The monoisotopic (exact) mass is 341 g/mol. The Bertz CT molecular complexity index is 370. The highest BCUT2D eigenvalue weighted by Gasteiger charge is 2.40. The minimum atomic E-state index is -4.37. The Hall–Kier alpha value is -0.630. The summed E-state index contributed by atoms with van der Waals surface area (Å²) < 4.78 is 44.4. The topological polar surface area (TPSA) is 41.5 Å². The number of nitrogens with one attached hydrogen (secondary N) is 1.